The first-order valence-corrected chi connectivity index (χ1v) is 19.0. The molecule has 5 aromatic heterocycles. The Hall–Kier alpha value is -3.97. The van der Waals surface area contributed by atoms with Crippen molar-refractivity contribution in [3.05, 3.63) is 103 Å². The van der Waals surface area contributed by atoms with Gasteiger partial charge in [-0.25, -0.2) is 4.98 Å². The molecule has 6 nitrogen and oxygen atoms in total. The number of fused-ring (bicyclic) bond motifs is 4. The first-order chi connectivity index (χ1) is 21.5. The summed E-state index contributed by atoms with van der Waals surface area (Å²) in [4.78, 5) is 17.8. The number of imidazole rings is 1. The van der Waals surface area contributed by atoms with Crippen molar-refractivity contribution in [3.8, 4) is 22.6 Å². The summed E-state index contributed by atoms with van der Waals surface area (Å²) >= 11 is 0. The molecule has 7 rings (SSSR count). The fraction of sp³-hybridized carbons (Fsp3) is 0.263. The fourth-order valence-corrected chi connectivity index (χ4v) is 7.19. The number of hydrogen-bond donors (Lipinski definition) is 0. The molecule has 7 aromatic rings. The monoisotopic (exact) mass is 802 g/mol. The predicted octanol–water partition coefficient (Wildman–Crippen LogP) is 8.80. The van der Waals surface area contributed by atoms with Gasteiger partial charge < -0.3 is 14.0 Å². The molecule has 2 aromatic carbocycles. The SMILES string of the molecule is CCC(C)(C)Cc1cc(-c2[c-]cccc2)ncc1[Si](C)(C)C.Cn1c(-c2[c-]cc3c(c2)oc2ncccc23)nc2ccncc21.[Ir]. The van der Waals surface area contributed by atoms with Crippen LogP contribution in [0, 0.1) is 17.5 Å². The molecule has 0 aliphatic heterocycles. The van der Waals surface area contributed by atoms with Crippen molar-refractivity contribution < 1.29 is 24.5 Å². The van der Waals surface area contributed by atoms with Gasteiger partial charge in [0.05, 0.1) is 36.7 Å². The molecule has 0 fully saturated rings. The van der Waals surface area contributed by atoms with Crippen LogP contribution in [0.15, 0.2) is 89.9 Å². The average Bonchev–Trinajstić information content (AvgIpc) is 3.58. The third kappa shape index (κ3) is 6.90. The second-order valence-electron chi connectivity index (χ2n) is 13.4. The molecule has 0 aliphatic carbocycles. The van der Waals surface area contributed by atoms with Crippen LogP contribution in [0.2, 0.25) is 19.6 Å². The van der Waals surface area contributed by atoms with E-state index in [4.69, 9.17) is 9.40 Å². The minimum absolute atomic E-state index is 0. The predicted molar refractivity (Wildman–Crippen MR) is 187 cm³/mol. The number of pyridine rings is 3. The topological polar surface area (TPSA) is 69.6 Å². The molecule has 0 unspecified atom stereocenters. The van der Waals surface area contributed by atoms with E-state index < -0.39 is 8.07 Å². The zero-order valence-electron chi connectivity index (χ0n) is 27.5. The van der Waals surface area contributed by atoms with Crippen LogP contribution in [0.4, 0.5) is 0 Å². The number of aryl methyl sites for hydroxylation is 1. The Kier molecular flexibility index (Phi) is 9.73. The molecule has 0 bridgehead atoms. The van der Waals surface area contributed by atoms with E-state index in [2.05, 4.69) is 91.9 Å². The molecule has 237 valence electrons. The van der Waals surface area contributed by atoms with Crippen LogP contribution in [0.3, 0.4) is 0 Å². The Morgan fingerprint density at radius 2 is 1.74 bits per heavy atom. The molecular formula is C38H39IrN5OSi-2. The van der Waals surface area contributed by atoms with Crippen LogP contribution in [-0.4, -0.2) is 32.6 Å². The molecule has 1 radical (unpaired) electrons. The number of furan rings is 1. The van der Waals surface area contributed by atoms with Gasteiger partial charge in [-0.15, -0.1) is 53.6 Å². The smallest absolute Gasteiger partial charge is 0.215 e. The quantitative estimate of drug-likeness (QED) is 0.124. The molecule has 0 aliphatic rings. The summed E-state index contributed by atoms with van der Waals surface area (Å²) in [5, 5.41) is 3.51. The van der Waals surface area contributed by atoms with Crippen molar-refractivity contribution >= 4 is 46.4 Å². The van der Waals surface area contributed by atoms with Gasteiger partial charge in [-0.05, 0) is 34.8 Å². The van der Waals surface area contributed by atoms with Gasteiger partial charge in [-0.2, -0.15) is 0 Å². The normalized spacial score (nSPS) is 11.8. The second-order valence-corrected chi connectivity index (χ2v) is 18.4. The summed E-state index contributed by atoms with van der Waals surface area (Å²) in [5.74, 6) is 0.836. The number of aromatic nitrogens is 5. The first kappa shape index (κ1) is 33.4. The molecule has 8 heteroatoms. The van der Waals surface area contributed by atoms with Crippen LogP contribution in [0.25, 0.3) is 55.7 Å². The van der Waals surface area contributed by atoms with Gasteiger partial charge in [0.2, 0.25) is 5.71 Å². The first-order valence-electron chi connectivity index (χ1n) is 15.5. The van der Waals surface area contributed by atoms with Crippen molar-refractivity contribution in [3.63, 3.8) is 0 Å². The van der Waals surface area contributed by atoms with Crippen molar-refractivity contribution in [1.29, 1.82) is 0 Å². The molecule has 46 heavy (non-hydrogen) atoms. The van der Waals surface area contributed by atoms with Crippen LogP contribution in [0.5, 0.6) is 0 Å². The minimum atomic E-state index is -1.39. The zero-order chi connectivity index (χ0) is 31.8. The van der Waals surface area contributed by atoms with E-state index in [1.807, 2.05) is 60.3 Å². The summed E-state index contributed by atoms with van der Waals surface area (Å²) in [5.41, 5.74) is 8.15. The van der Waals surface area contributed by atoms with Crippen molar-refractivity contribution in [2.24, 2.45) is 12.5 Å². The fourth-order valence-electron chi connectivity index (χ4n) is 5.61. The standard InChI is InChI=1S/C20H28NSi.C18H11N4O.Ir/c1-7-20(2,3)14-17-13-18(16-11-9-8-10-12-16)21-15-19(17)22(4,5)6;1-22-15-10-19-8-6-14(15)21-17(22)11-4-5-12-13-3-2-7-20-18(13)23-16(12)9-11;/h8-11,13,15H,7,14H2,1-6H3;2-3,5-10H,1H3;/q2*-1;. The Bertz CT molecular complexity index is 2110. The van der Waals surface area contributed by atoms with Gasteiger partial charge in [0.1, 0.15) is 0 Å². The maximum atomic E-state index is 5.85. The Morgan fingerprint density at radius 1 is 0.913 bits per heavy atom. The van der Waals surface area contributed by atoms with Crippen molar-refractivity contribution in [1.82, 2.24) is 24.5 Å². The van der Waals surface area contributed by atoms with Crippen LogP contribution >= 0.6 is 0 Å². The third-order valence-corrected chi connectivity index (χ3v) is 10.6. The van der Waals surface area contributed by atoms with E-state index in [1.54, 1.807) is 12.4 Å². The maximum absolute atomic E-state index is 5.85. The van der Waals surface area contributed by atoms with E-state index in [0.29, 0.717) is 11.1 Å². The van der Waals surface area contributed by atoms with Crippen LogP contribution < -0.4 is 5.19 Å². The van der Waals surface area contributed by atoms with Gasteiger partial charge >= 0.3 is 0 Å². The van der Waals surface area contributed by atoms with Crippen molar-refractivity contribution in [2.75, 3.05) is 0 Å². The largest absolute Gasteiger partial charge is 0.458 e. The molecular weight excluding hydrogens is 763 g/mol. The molecule has 0 N–H and O–H groups in total. The third-order valence-electron chi connectivity index (χ3n) is 8.51. The zero-order valence-corrected chi connectivity index (χ0v) is 30.9. The summed E-state index contributed by atoms with van der Waals surface area (Å²) in [6.45, 7) is 14.2. The van der Waals surface area contributed by atoms with E-state index in [-0.39, 0.29) is 20.1 Å². The van der Waals surface area contributed by atoms with Crippen LogP contribution in [-0.2, 0) is 33.6 Å². The number of rotatable bonds is 6. The Morgan fingerprint density at radius 3 is 2.46 bits per heavy atom. The van der Waals surface area contributed by atoms with E-state index in [1.165, 1.54) is 17.2 Å². The number of hydrogen-bond acceptors (Lipinski definition) is 5. The summed E-state index contributed by atoms with van der Waals surface area (Å²) in [6, 6.07) is 26.7. The second kappa shape index (κ2) is 13.4. The number of benzene rings is 2. The Balaban J connectivity index is 0.000000178. The van der Waals surface area contributed by atoms with Gasteiger partial charge in [-0.1, -0.05) is 76.0 Å². The minimum Gasteiger partial charge on any atom is -0.458 e. The molecule has 0 atom stereocenters. The number of nitrogens with zero attached hydrogens (tertiary/aromatic N) is 5. The summed E-state index contributed by atoms with van der Waals surface area (Å²) in [7, 11) is 0.590. The van der Waals surface area contributed by atoms with Crippen molar-refractivity contribution in [2.45, 2.75) is 53.3 Å². The van der Waals surface area contributed by atoms with Gasteiger partial charge in [0.25, 0.3) is 0 Å². The van der Waals surface area contributed by atoms with E-state index >= 15 is 0 Å². The van der Waals surface area contributed by atoms with E-state index in [0.717, 1.165) is 56.5 Å². The molecule has 0 amide bonds. The molecule has 0 spiro atoms. The summed E-state index contributed by atoms with van der Waals surface area (Å²) in [6.07, 6.45) is 9.72. The maximum Gasteiger partial charge on any atom is 0.215 e. The molecule has 0 saturated heterocycles. The van der Waals surface area contributed by atoms with E-state index in [9.17, 15) is 0 Å². The van der Waals surface area contributed by atoms with Gasteiger partial charge in [0.15, 0.2) is 0 Å². The Labute approximate surface area is 285 Å². The van der Waals surface area contributed by atoms with Gasteiger partial charge in [0, 0.05) is 51.1 Å². The van der Waals surface area contributed by atoms with Crippen LogP contribution in [0.1, 0.15) is 32.8 Å². The molecule has 5 heterocycles. The summed E-state index contributed by atoms with van der Waals surface area (Å²) < 4.78 is 7.86. The average molecular weight is 802 g/mol. The van der Waals surface area contributed by atoms with Gasteiger partial charge in [-0.3, -0.25) is 9.97 Å². The molecule has 0 saturated carbocycles.